The Kier molecular flexibility index (Phi) is 5.59. The van der Waals surface area contributed by atoms with Gasteiger partial charge in [-0.25, -0.2) is 19.5 Å². The van der Waals surface area contributed by atoms with E-state index in [9.17, 15) is 14.4 Å². The topological polar surface area (TPSA) is 108 Å². The van der Waals surface area contributed by atoms with E-state index in [0.717, 1.165) is 19.3 Å². The normalized spacial score (nSPS) is 34.5. The quantitative estimate of drug-likeness (QED) is 0.685. The third-order valence-electron chi connectivity index (χ3n) is 8.31. The van der Waals surface area contributed by atoms with Crippen molar-refractivity contribution in [3.05, 3.63) is 23.5 Å². The van der Waals surface area contributed by atoms with Crippen LogP contribution in [0.1, 0.15) is 57.7 Å². The standard InChI is InChI=1S/C25H31N5O4/c1-13(2)18-6-5-14(3)7-20(18)34-25(33)28-12-16-9-21(28)30-22(16)23(31)29(24(30)32)17-8-15(4)19(10-26)27-11-17/h8,11,13-14,16,18,20-22H,5-7,9,12H2,1-4H3/p+1/t14-,16?,18+,20-,21?,22+/m1/s1. The number of hydrogen-bond acceptors (Lipinski definition) is 6. The maximum Gasteiger partial charge on any atom is 0.431 e. The van der Waals surface area contributed by atoms with Gasteiger partial charge in [0.15, 0.2) is 12.2 Å². The number of amides is 4. The summed E-state index contributed by atoms with van der Waals surface area (Å²) in [6, 6.07) is 2.79. The van der Waals surface area contributed by atoms with Gasteiger partial charge in [0.25, 0.3) is 5.91 Å². The molecule has 34 heavy (non-hydrogen) atoms. The maximum absolute atomic E-state index is 13.4. The van der Waals surface area contributed by atoms with Crippen LogP contribution in [-0.4, -0.2) is 52.8 Å². The average molecular weight is 467 g/mol. The van der Waals surface area contributed by atoms with Crippen LogP contribution in [0.5, 0.6) is 0 Å². The number of ether oxygens (including phenoxy) is 1. The molecule has 7 atom stereocenters. The summed E-state index contributed by atoms with van der Waals surface area (Å²) in [6.07, 6.45) is 4.23. The zero-order chi connectivity index (χ0) is 24.3. The molecule has 1 aromatic rings. The summed E-state index contributed by atoms with van der Waals surface area (Å²) < 4.78 is 6.06. The molecule has 4 fully saturated rings. The molecule has 3 unspecified atom stereocenters. The smallest absolute Gasteiger partial charge is 0.431 e. The Morgan fingerprint density at radius 1 is 1.29 bits per heavy atom. The maximum atomic E-state index is 13.4. The van der Waals surface area contributed by atoms with Crippen molar-refractivity contribution >= 4 is 23.7 Å². The first-order valence-electron chi connectivity index (χ1n) is 12.3. The number of carbonyl (C=O) groups excluding carboxylic acids is 3. The van der Waals surface area contributed by atoms with Gasteiger partial charge in [-0.05, 0) is 49.1 Å². The summed E-state index contributed by atoms with van der Waals surface area (Å²) in [5.74, 6) is 0.970. The van der Waals surface area contributed by atoms with Crippen molar-refractivity contribution in [3.63, 3.8) is 0 Å². The predicted molar refractivity (Wildman–Crippen MR) is 122 cm³/mol. The van der Waals surface area contributed by atoms with Crippen LogP contribution in [0.15, 0.2) is 12.3 Å². The molecule has 4 heterocycles. The van der Waals surface area contributed by atoms with Gasteiger partial charge < -0.3 is 4.74 Å². The summed E-state index contributed by atoms with van der Waals surface area (Å²) in [5, 5.41) is 9.13. The summed E-state index contributed by atoms with van der Waals surface area (Å²) in [5.41, 5.74) is 1.25. The minimum absolute atomic E-state index is 0.0763. The number of fused-ring (bicyclic) bond motifs is 5. The number of aryl methyl sites for hydroxylation is 1. The Hall–Kier alpha value is -2.99. The lowest BCUT2D eigenvalue weighted by Gasteiger charge is -2.38. The van der Waals surface area contributed by atoms with Crippen molar-refractivity contribution < 1.29 is 24.0 Å². The molecule has 1 N–H and O–H groups in total. The van der Waals surface area contributed by atoms with E-state index in [1.807, 2.05) is 6.07 Å². The van der Waals surface area contributed by atoms with E-state index >= 15 is 0 Å². The second-order valence-electron chi connectivity index (χ2n) is 10.8. The van der Waals surface area contributed by atoms with Crippen LogP contribution in [0.4, 0.5) is 15.3 Å². The Morgan fingerprint density at radius 3 is 2.74 bits per heavy atom. The van der Waals surface area contributed by atoms with Gasteiger partial charge in [-0.3, -0.25) is 9.69 Å². The van der Waals surface area contributed by atoms with Crippen molar-refractivity contribution in [2.24, 2.45) is 23.7 Å². The van der Waals surface area contributed by atoms with Crippen LogP contribution in [0.2, 0.25) is 0 Å². The number of nitrogens with one attached hydrogen (secondary N) is 1. The summed E-state index contributed by atoms with van der Waals surface area (Å²) in [6.45, 7) is 8.72. The van der Waals surface area contributed by atoms with Crippen LogP contribution >= 0.6 is 0 Å². The van der Waals surface area contributed by atoms with Gasteiger partial charge in [0.05, 0.1) is 11.9 Å². The van der Waals surface area contributed by atoms with Crippen LogP contribution in [0, 0.1) is 41.9 Å². The highest BCUT2D eigenvalue weighted by atomic mass is 16.6. The van der Waals surface area contributed by atoms with Crippen molar-refractivity contribution in [2.45, 2.75) is 71.7 Å². The van der Waals surface area contributed by atoms with Crippen molar-refractivity contribution in [2.75, 3.05) is 11.4 Å². The van der Waals surface area contributed by atoms with Crippen LogP contribution in [0.3, 0.4) is 0 Å². The minimum Gasteiger partial charge on any atom is -0.446 e. The largest absolute Gasteiger partial charge is 0.446 e. The lowest BCUT2D eigenvalue weighted by molar-refractivity contribution is -0.856. The molecule has 3 aliphatic heterocycles. The van der Waals surface area contributed by atoms with Gasteiger partial charge in [0, 0.05) is 18.9 Å². The Bertz CT molecular complexity index is 1080. The fourth-order valence-corrected chi connectivity index (χ4v) is 6.54. The molecule has 2 bridgehead atoms. The zero-order valence-electron chi connectivity index (χ0n) is 20.2. The van der Waals surface area contributed by atoms with Gasteiger partial charge in [-0.15, -0.1) is 0 Å². The van der Waals surface area contributed by atoms with Gasteiger partial charge in [0.2, 0.25) is 0 Å². The fraction of sp³-hybridized carbons (Fsp3) is 0.640. The molecule has 5 rings (SSSR count). The number of hydrogen-bond donors (Lipinski definition) is 1. The summed E-state index contributed by atoms with van der Waals surface area (Å²) in [7, 11) is 0. The highest BCUT2D eigenvalue weighted by Gasteiger charge is 2.68. The van der Waals surface area contributed by atoms with E-state index in [0.29, 0.717) is 46.9 Å². The third-order valence-corrected chi connectivity index (χ3v) is 8.31. The molecular weight excluding hydrogens is 434 g/mol. The second kappa shape index (κ2) is 8.35. The van der Waals surface area contributed by atoms with Crippen molar-refractivity contribution in [1.29, 1.82) is 5.26 Å². The molecule has 4 amide bonds. The Balaban J connectivity index is 1.34. The molecule has 9 nitrogen and oxygen atoms in total. The fourth-order valence-electron chi connectivity index (χ4n) is 6.54. The van der Waals surface area contributed by atoms with Crippen LogP contribution in [-0.2, 0) is 9.53 Å². The highest BCUT2D eigenvalue weighted by molar-refractivity contribution is 6.17. The SMILES string of the molecule is Cc1cc(N2C(=O)[C@@H]3C4CC(N(C(=O)O[C@@H]5C[C@H](C)CC[C@H]5C(C)C)C4)[NH+]3C2=O)cnc1C#N. The monoisotopic (exact) mass is 466 g/mol. The van der Waals surface area contributed by atoms with E-state index in [2.05, 4.69) is 25.8 Å². The first kappa shape index (κ1) is 22.8. The molecule has 0 aromatic carbocycles. The van der Waals surface area contributed by atoms with E-state index in [4.69, 9.17) is 10.00 Å². The number of rotatable bonds is 3. The lowest BCUT2D eigenvalue weighted by Crippen LogP contribution is -3.20. The number of urea groups is 1. The molecule has 1 saturated carbocycles. The minimum atomic E-state index is -0.490. The van der Waals surface area contributed by atoms with Gasteiger partial charge >= 0.3 is 12.1 Å². The lowest BCUT2D eigenvalue weighted by atomic mass is 9.75. The molecule has 9 heteroatoms. The number of anilines is 1. The van der Waals surface area contributed by atoms with Gasteiger partial charge in [0.1, 0.15) is 17.9 Å². The molecule has 1 aromatic heterocycles. The third kappa shape index (κ3) is 3.47. The number of pyridine rings is 1. The van der Waals surface area contributed by atoms with E-state index in [1.165, 1.54) is 11.1 Å². The highest BCUT2D eigenvalue weighted by Crippen LogP contribution is 2.38. The van der Waals surface area contributed by atoms with Crippen LogP contribution < -0.4 is 9.80 Å². The molecule has 4 aliphatic rings. The number of quaternary nitrogens is 1. The Morgan fingerprint density at radius 2 is 2.06 bits per heavy atom. The number of nitrogens with zero attached hydrogens (tertiary/aromatic N) is 4. The first-order valence-corrected chi connectivity index (χ1v) is 12.3. The molecule has 180 valence electrons. The van der Waals surface area contributed by atoms with Crippen molar-refractivity contribution in [1.82, 2.24) is 9.88 Å². The van der Waals surface area contributed by atoms with Crippen molar-refractivity contribution in [3.8, 4) is 6.07 Å². The predicted octanol–water partition coefficient (Wildman–Crippen LogP) is 2.24. The van der Waals surface area contributed by atoms with E-state index in [-0.39, 0.29) is 35.7 Å². The number of carbonyl (C=O) groups is 3. The number of nitriles is 1. The summed E-state index contributed by atoms with van der Waals surface area (Å²) >= 11 is 0. The molecule has 1 aliphatic carbocycles. The zero-order valence-corrected chi connectivity index (χ0v) is 20.2. The van der Waals surface area contributed by atoms with Gasteiger partial charge in [-0.1, -0.05) is 27.2 Å². The molecule has 0 spiro atoms. The average Bonchev–Trinajstić information content (AvgIpc) is 3.45. The molecule has 0 radical (unpaired) electrons. The number of likely N-dealkylation sites (tertiary alicyclic amines) is 1. The number of aromatic nitrogens is 1. The summed E-state index contributed by atoms with van der Waals surface area (Å²) in [4.78, 5) is 47.3. The van der Waals surface area contributed by atoms with Gasteiger partial charge in [-0.2, -0.15) is 10.2 Å². The molecular formula is C25H32N5O4+. The molecule has 3 saturated heterocycles. The Labute approximate surface area is 199 Å². The van der Waals surface area contributed by atoms with E-state index in [1.54, 1.807) is 17.9 Å². The van der Waals surface area contributed by atoms with Crippen LogP contribution in [0.25, 0.3) is 0 Å². The van der Waals surface area contributed by atoms with E-state index < -0.39 is 12.2 Å². The second-order valence-corrected chi connectivity index (χ2v) is 10.8. The number of imide groups is 1. The first-order chi connectivity index (χ1) is 16.2.